The van der Waals surface area contributed by atoms with Crippen molar-refractivity contribution < 1.29 is 19.4 Å². The molecule has 22 heavy (non-hydrogen) atoms. The van der Waals surface area contributed by atoms with Crippen molar-refractivity contribution in [1.29, 1.82) is 0 Å². The topological polar surface area (TPSA) is 66.8 Å². The summed E-state index contributed by atoms with van der Waals surface area (Å²) in [6.45, 7) is 1.66. The van der Waals surface area contributed by atoms with E-state index in [4.69, 9.17) is 4.74 Å². The van der Waals surface area contributed by atoms with Crippen molar-refractivity contribution in [3.63, 3.8) is 0 Å². The molecule has 0 aliphatic carbocycles. The molecule has 0 fully saturated rings. The summed E-state index contributed by atoms with van der Waals surface area (Å²) in [6, 6.07) is 7.60. The highest BCUT2D eigenvalue weighted by Crippen LogP contribution is 2.21. The Kier molecular flexibility index (Phi) is 4.65. The zero-order valence-corrected chi connectivity index (χ0v) is 12.9. The van der Waals surface area contributed by atoms with Gasteiger partial charge in [0, 0.05) is 26.2 Å². The van der Waals surface area contributed by atoms with Crippen LogP contribution in [0, 0.1) is 0 Å². The molecule has 1 aliphatic rings. The Hall–Kier alpha value is -2.56. The van der Waals surface area contributed by atoms with Gasteiger partial charge in [0.25, 0.3) is 0 Å². The van der Waals surface area contributed by atoms with Crippen LogP contribution in [-0.4, -0.2) is 37.1 Å². The highest BCUT2D eigenvalue weighted by Gasteiger charge is 2.30. The number of rotatable bonds is 4. The standard InChI is InChI=1S/C17H19NO4/c1-11-10-15(20)16(17(21)22-11)14(19)9-6-12-4-7-13(8-5-12)18(2)3/h4-9,11,20H,10H2,1-3H3/b9-6+. The van der Waals surface area contributed by atoms with Gasteiger partial charge in [0.2, 0.25) is 0 Å². The molecule has 0 spiro atoms. The SMILES string of the molecule is CC1CC(O)=C(C(=O)/C=C/c2ccc(N(C)C)cc2)C(=O)O1. The molecule has 5 heteroatoms. The second-order valence-electron chi connectivity index (χ2n) is 5.43. The molecule has 1 N–H and O–H groups in total. The number of esters is 1. The van der Waals surface area contributed by atoms with E-state index in [2.05, 4.69) is 0 Å². The molecule has 1 aromatic rings. The van der Waals surface area contributed by atoms with Crippen LogP contribution in [-0.2, 0) is 14.3 Å². The third-order valence-corrected chi connectivity index (χ3v) is 3.36. The maximum absolute atomic E-state index is 12.1. The molecule has 0 radical (unpaired) electrons. The van der Waals surface area contributed by atoms with Gasteiger partial charge in [-0.3, -0.25) is 4.79 Å². The molecular weight excluding hydrogens is 282 g/mol. The first kappa shape index (κ1) is 15.8. The molecule has 2 rings (SSSR count). The Morgan fingerprint density at radius 2 is 1.95 bits per heavy atom. The van der Waals surface area contributed by atoms with Gasteiger partial charge >= 0.3 is 5.97 Å². The van der Waals surface area contributed by atoms with Crippen LogP contribution in [0.4, 0.5) is 5.69 Å². The molecule has 1 aliphatic heterocycles. The number of hydrogen-bond acceptors (Lipinski definition) is 5. The number of hydrogen-bond donors (Lipinski definition) is 1. The molecule has 0 saturated heterocycles. The van der Waals surface area contributed by atoms with Crippen LogP contribution < -0.4 is 4.90 Å². The fraction of sp³-hybridized carbons (Fsp3) is 0.294. The Morgan fingerprint density at radius 3 is 2.50 bits per heavy atom. The monoisotopic (exact) mass is 301 g/mol. The molecule has 0 amide bonds. The van der Waals surface area contributed by atoms with Crippen LogP contribution in [0.25, 0.3) is 6.08 Å². The van der Waals surface area contributed by atoms with E-state index in [-0.39, 0.29) is 17.8 Å². The number of benzene rings is 1. The van der Waals surface area contributed by atoms with Gasteiger partial charge in [0.1, 0.15) is 17.4 Å². The third-order valence-electron chi connectivity index (χ3n) is 3.36. The van der Waals surface area contributed by atoms with Crippen molar-refractivity contribution in [3.8, 4) is 0 Å². The molecule has 5 nitrogen and oxygen atoms in total. The number of aliphatic hydroxyl groups is 1. The summed E-state index contributed by atoms with van der Waals surface area (Å²) >= 11 is 0. The van der Waals surface area contributed by atoms with Gasteiger partial charge in [0.05, 0.1) is 0 Å². The van der Waals surface area contributed by atoms with Gasteiger partial charge in [-0.05, 0) is 30.7 Å². The van der Waals surface area contributed by atoms with Gasteiger partial charge in [-0.2, -0.15) is 0 Å². The van der Waals surface area contributed by atoms with Gasteiger partial charge < -0.3 is 14.7 Å². The summed E-state index contributed by atoms with van der Waals surface area (Å²) in [6.07, 6.45) is 2.63. The van der Waals surface area contributed by atoms with E-state index in [0.717, 1.165) is 11.3 Å². The van der Waals surface area contributed by atoms with E-state index in [9.17, 15) is 14.7 Å². The zero-order chi connectivity index (χ0) is 16.3. The molecular formula is C17H19NO4. The first-order chi connectivity index (χ1) is 10.4. The van der Waals surface area contributed by atoms with Crippen molar-refractivity contribution in [3.05, 3.63) is 47.2 Å². The van der Waals surface area contributed by atoms with E-state index in [1.54, 1.807) is 13.0 Å². The Balaban J connectivity index is 2.14. The summed E-state index contributed by atoms with van der Waals surface area (Å²) in [5.74, 6) is -1.53. The molecule has 0 bridgehead atoms. The predicted molar refractivity (Wildman–Crippen MR) is 84.6 cm³/mol. The van der Waals surface area contributed by atoms with Crippen molar-refractivity contribution in [2.75, 3.05) is 19.0 Å². The fourth-order valence-corrected chi connectivity index (χ4v) is 2.16. The molecule has 1 unspecified atom stereocenters. The highest BCUT2D eigenvalue weighted by atomic mass is 16.5. The van der Waals surface area contributed by atoms with Gasteiger partial charge in [-0.25, -0.2) is 4.79 Å². The molecule has 1 atom stereocenters. The zero-order valence-electron chi connectivity index (χ0n) is 12.9. The van der Waals surface area contributed by atoms with Crippen molar-refractivity contribution in [2.24, 2.45) is 0 Å². The van der Waals surface area contributed by atoms with Crippen molar-refractivity contribution in [2.45, 2.75) is 19.4 Å². The minimum Gasteiger partial charge on any atom is -0.511 e. The normalized spacial score (nSPS) is 18.5. The maximum Gasteiger partial charge on any atom is 0.345 e. The average Bonchev–Trinajstić information content (AvgIpc) is 2.44. The first-order valence-corrected chi connectivity index (χ1v) is 7.01. The Bertz CT molecular complexity index is 641. The predicted octanol–water partition coefficient (Wildman–Crippen LogP) is 2.48. The molecule has 1 heterocycles. The largest absolute Gasteiger partial charge is 0.511 e. The van der Waals surface area contributed by atoms with Crippen molar-refractivity contribution in [1.82, 2.24) is 0 Å². The number of carbonyl (C=O) groups excluding carboxylic acids is 2. The summed E-state index contributed by atoms with van der Waals surface area (Å²) in [7, 11) is 3.89. The highest BCUT2D eigenvalue weighted by molar-refractivity contribution is 6.23. The first-order valence-electron chi connectivity index (χ1n) is 7.01. The van der Waals surface area contributed by atoms with Crippen LogP contribution in [0.2, 0.25) is 0 Å². The lowest BCUT2D eigenvalue weighted by molar-refractivity contribution is -0.146. The summed E-state index contributed by atoms with van der Waals surface area (Å²) < 4.78 is 4.97. The van der Waals surface area contributed by atoms with Gasteiger partial charge in [-0.15, -0.1) is 0 Å². The van der Waals surface area contributed by atoms with Crippen LogP contribution in [0.15, 0.2) is 41.7 Å². The average molecular weight is 301 g/mol. The molecule has 0 saturated carbocycles. The summed E-state index contributed by atoms with van der Waals surface area (Å²) in [5.41, 5.74) is 1.60. The number of carbonyl (C=O) groups is 2. The second kappa shape index (κ2) is 6.47. The fourth-order valence-electron chi connectivity index (χ4n) is 2.16. The molecule has 116 valence electrons. The van der Waals surface area contributed by atoms with E-state index >= 15 is 0 Å². The molecule has 1 aromatic carbocycles. The summed E-state index contributed by atoms with van der Waals surface area (Å²) in [5, 5.41) is 9.79. The van der Waals surface area contributed by atoms with Crippen LogP contribution in [0.5, 0.6) is 0 Å². The number of nitrogens with zero attached hydrogens (tertiary/aromatic N) is 1. The van der Waals surface area contributed by atoms with E-state index in [0.29, 0.717) is 0 Å². The second-order valence-corrected chi connectivity index (χ2v) is 5.43. The number of cyclic esters (lactones) is 1. The lowest BCUT2D eigenvalue weighted by Crippen LogP contribution is -2.27. The maximum atomic E-state index is 12.1. The number of ether oxygens (including phenoxy) is 1. The lowest BCUT2D eigenvalue weighted by Gasteiger charge is -2.19. The van der Waals surface area contributed by atoms with Crippen molar-refractivity contribution >= 4 is 23.5 Å². The van der Waals surface area contributed by atoms with Gasteiger partial charge in [-0.1, -0.05) is 18.2 Å². The van der Waals surface area contributed by atoms with E-state index in [1.165, 1.54) is 6.08 Å². The number of ketones is 1. The minimum absolute atomic E-state index is 0.165. The van der Waals surface area contributed by atoms with E-state index in [1.807, 2.05) is 43.3 Å². The lowest BCUT2D eigenvalue weighted by atomic mass is 10.0. The Morgan fingerprint density at radius 1 is 1.32 bits per heavy atom. The smallest absolute Gasteiger partial charge is 0.345 e. The van der Waals surface area contributed by atoms with Crippen LogP contribution >= 0.6 is 0 Å². The number of allylic oxidation sites excluding steroid dienone is 1. The minimum atomic E-state index is -0.770. The number of aliphatic hydroxyl groups excluding tert-OH is 1. The van der Waals surface area contributed by atoms with Crippen LogP contribution in [0.3, 0.4) is 0 Å². The summed E-state index contributed by atoms with van der Waals surface area (Å²) in [4.78, 5) is 25.7. The molecule has 0 aromatic heterocycles. The van der Waals surface area contributed by atoms with Gasteiger partial charge in [0.15, 0.2) is 5.78 Å². The van der Waals surface area contributed by atoms with Crippen LogP contribution in [0.1, 0.15) is 18.9 Å². The number of anilines is 1. The third kappa shape index (κ3) is 3.55. The Labute approximate surface area is 129 Å². The quantitative estimate of drug-likeness (QED) is 0.526. The van der Waals surface area contributed by atoms with E-state index < -0.39 is 17.9 Å².